The Labute approximate surface area is 137 Å². The smallest absolute Gasteiger partial charge is 0.326 e. The molecule has 0 aliphatic rings. The molecule has 0 saturated heterocycles. The van der Waals surface area contributed by atoms with E-state index in [2.05, 4.69) is 5.32 Å². The second-order valence-electron chi connectivity index (χ2n) is 5.43. The van der Waals surface area contributed by atoms with E-state index in [4.69, 9.17) is 0 Å². The van der Waals surface area contributed by atoms with E-state index in [0.717, 1.165) is 11.6 Å². The highest BCUT2D eigenvalue weighted by Gasteiger charge is 2.33. The summed E-state index contributed by atoms with van der Waals surface area (Å²) in [5, 5.41) is 2.31. The van der Waals surface area contributed by atoms with Gasteiger partial charge >= 0.3 is 6.18 Å². The van der Waals surface area contributed by atoms with Crippen molar-refractivity contribution in [3.05, 3.63) is 65.5 Å². The van der Waals surface area contributed by atoms with E-state index in [1.165, 1.54) is 30.3 Å². The Morgan fingerprint density at radius 1 is 0.958 bits per heavy atom. The van der Waals surface area contributed by atoms with Crippen molar-refractivity contribution < 1.29 is 22.4 Å². The molecule has 2 rings (SSSR count). The number of halogens is 4. The van der Waals surface area contributed by atoms with Gasteiger partial charge in [-0.05, 0) is 49.1 Å². The van der Waals surface area contributed by atoms with Crippen LogP contribution in [0.4, 0.5) is 23.2 Å². The number of rotatable bonds is 6. The zero-order chi connectivity index (χ0) is 17.6. The topological polar surface area (TPSA) is 29.1 Å². The van der Waals surface area contributed by atoms with Crippen LogP contribution in [0, 0.1) is 5.82 Å². The summed E-state index contributed by atoms with van der Waals surface area (Å²) in [5.41, 5.74) is -0.127. The first-order valence-corrected chi connectivity index (χ1v) is 7.57. The molecule has 0 atom stereocenters. The maximum atomic E-state index is 12.8. The quantitative estimate of drug-likeness (QED) is 0.569. The van der Waals surface area contributed by atoms with Crippen LogP contribution in [0.15, 0.2) is 48.5 Å². The van der Waals surface area contributed by atoms with Crippen LogP contribution in [0.5, 0.6) is 0 Å². The van der Waals surface area contributed by atoms with Gasteiger partial charge in [0.1, 0.15) is 5.82 Å². The average molecular weight is 339 g/mol. The van der Waals surface area contributed by atoms with Crippen molar-refractivity contribution in [2.75, 3.05) is 5.32 Å². The fourth-order valence-corrected chi connectivity index (χ4v) is 2.32. The van der Waals surface area contributed by atoms with Crippen molar-refractivity contribution >= 4 is 11.6 Å². The van der Waals surface area contributed by atoms with Crippen molar-refractivity contribution in [1.29, 1.82) is 0 Å². The minimum absolute atomic E-state index is 0.132. The number of hydrogen-bond acceptors (Lipinski definition) is 1. The van der Waals surface area contributed by atoms with Crippen LogP contribution in [0.25, 0.3) is 0 Å². The highest BCUT2D eigenvalue weighted by Crippen LogP contribution is 2.34. The summed E-state index contributed by atoms with van der Waals surface area (Å²) in [6.45, 7) is 0. The number of carbonyl (C=O) groups is 1. The van der Waals surface area contributed by atoms with Gasteiger partial charge in [0.15, 0.2) is 0 Å². The first-order valence-electron chi connectivity index (χ1n) is 7.57. The van der Waals surface area contributed by atoms with Crippen molar-refractivity contribution in [2.45, 2.75) is 31.9 Å². The number of alkyl halides is 3. The van der Waals surface area contributed by atoms with Gasteiger partial charge in [0.05, 0.1) is 11.3 Å². The van der Waals surface area contributed by atoms with E-state index in [1.807, 2.05) is 0 Å². The van der Waals surface area contributed by atoms with E-state index in [-0.39, 0.29) is 17.9 Å². The Bertz CT molecular complexity index is 680. The monoisotopic (exact) mass is 339 g/mol. The van der Waals surface area contributed by atoms with Gasteiger partial charge in [-0.15, -0.1) is 0 Å². The van der Waals surface area contributed by atoms with Gasteiger partial charge in [0.25, 0.3) is 0 Å². The van der Waals surface area contributed by atoms with Crippen LogP contribution < -0.4 is 5.32 Å². The molecule has 0 fully saturated rings. The molecule has 0 unspecified atom stereocenters. The molecule has 2 nitrogen and oxygen atoms in total. The predicted octanol–water partition coefficient (Wildman–Crippen LogP) is 5.20. The molecule has 0 radical (unpaired) electrons. The maximum absolute atomic E-state index is 12.8. The van der Waals surface area contributed by atoms with Gasteiger partial charge in [0.2, 0.25) is 5.91 Å². The van der Waals surface area contributed by atoms with Crippen molar-refractivity contribution in [3.63, 3.8) is 0 Å². The SMILES string of the molecule is O=C(CCCCc1ccc(F)cc1)Nc1ccccc1C(F)(F)F. The molecule has 2 aromatic carbocycles. The van der Waals surface area contributed by atoms with E-state index in [1.54, 1.807) is 12.1 Å². The van der Waals surface area contributed by atoms with Crippen molar-refractivity contribution in [3.8, 4) is 0 Å². The Hall–Kier alpha value is -2.37. The fourth-order valence-electron chi connectivity index (χ4n) is 2.32. The molecule has 24 heavy (non-hydrogen) atoms. The highest BCUT2D eigenvalue weighted by molar-refractivity contribution is 5.91. The van der Waals surface area contributed by atoms with Gasteiger partial charge in [-0.25, -0.2) is 4.39 Å². The number of nitrogens with one attached hydrogen (secondary N) is 1. The van der Waals surface area contributed by atoms with Crippen LogP contribution in [0.3, 0.4) is 0 Å². The molecule has 0 aromatic heterocycles. The van der Waals surface area contributed by atoms with E-state index >= 15 is 0 Å². The third-order valence-corrected chi connectivity index (χ3v) is 3.54. The van der Waals surface area contributed by atoms with Gasteiger partial charge < -0.3 is 5.32 Å². The number of unbranched alkanes of at least 4 members (excludes halogenated alkanes) is 1. The van der Waals surface area contributed by atoms with Crippen molar-refractivity contribution in [2.24, 2.45) is 0 Å². The number of anilines is 1. The molecular weight excluding hydrogens is 322 g/mol. The first kappa shape index (κ1) is 18.0. The molecule has 0 heterocycles. The lowest BCUT2D eigenvalue weighted by molar-refractivity contribution is -0.137. The molecule has 0 saturated carbocycles. The largest absolute Gasteiger partial charge is 0.418 e. The van der Waals surface area contributed by atoms with E-state index < -0.39 is 17.6 Å². The number of carbonyl (C=O) groups excluding carboxylic acids is 1. The zero-order valence-corrected chi connectivity index (χ0v) is 12.9. The minimum atomic E-state index is -4.51. The lowest BCUT2D eigenvalue weighted by atomic mass is 10.1. The van der Waals surface area contributed by atoms with Crippen LogP contribution in [0.1, 0.15) is 30.4 Å². The number of benzene rings is 2. The third kappa shape index (κ3) is 5.37. The van der Waals surface area contributed by atoms with Crippen molar-refractivity contribution in [1.82, 2.24) is 0 Å². The Morgan fingerprint density at radius 2 is 1.62 bits per heavy atom. The van der Waals surface area contributed by atoms with Crippen LogP contribution >= 0.6 is 0 Å². The Morgan fingerprint density at radius 3 is 2.29 bits per heavy atom. The number of para-hydroxylation sites is 1. The van der Waals surface area contributed by atoms with Gasteiger partial charge in [0, 0.05) is 6.42 Å². The fraction of sp³-hybridized carbons (Fsp3) is 0.278. The predicted molar refractivity (Wildman–Crippen MR) is 84.0 cm³/mol. The Balaban J connectivity index is 1.81. The molecule has 6 heteroatoms. The summed E-state index contributed by atoms with van der Waals surface area (Å²) in [6.07, 6.45) is -2.45. The minimum Gasteiger partial charge on any atom is -0.326 e. The summed E-state index contributed by atoms with van der Waals surface area (Å²) in [5.74, 6) is -0.757. The summed E-state index contributed by atoms with van der Waals surface area (Å²) in [4.78, 5) is 11.8. The molecule has 2 aromatic rings. The maximum Gasteiger partial charge on any atom is 0.418 e. The molecule has 0 bridgehead atoms. The highest BCUT2D eigenvalue weighted by atomic mass is 19.4. The summed E-state index contributed by atoms with van der Waals surface area (Å²) >= 11 is 0. The first-order chi connectivity index (χ1) is 11.4. The van der Waals surface area contributed by atoms with Gasteiger partial charge in [-0.2, -0.15) is 13.2 Å². The number of hydrogen-bond donors (Lipinski definition) is 1. The van der Waals surface area contributed by atoms with Crippen LogP contribution in [-0.2, 0) is 17.4 Å². The molecule has 1 N–H and O–H groups in total. The van der Waals surface area contributed by atoms with E-state index in [9.17, 15) is 22.4 Å². The number of aryl methyl sites for hydroxylation is 1. The summed E-state index contributed by atoms with van der Waals surface area (Å²) in [7, 11) is 0. The lowest BCUT2D eigenvalue weighted by Crippen LogP contribution is -2.16. The molecule has 0 aliphatic carbocycles. The van der Waals surface area contributed by atoms with Gasteiger partial charge in [-0.1, -0.05) is 24.3 Å². The second-order valence-corrected chi connectivity index (χ2v) is 5.43. The van der Waals surface area contributed by atoms with Crippen LogP contribution in [0.2, 0.25) is 0 Å². The summed E-state index contributed by atoms with van der Waals surface area (Å²) in [6, 6.07) is 11.0. The summed E-state index contributed by atoms with van der Waals surface area (Å²) < 4.78 is 51.3. The molecule has 1 amide bonds. The molecule has 128 valence electrons. The third-order valence-electron chi connectivity index (χ3n) is 3.54. The zero-order valence-electron chi connectivity index (χ0n) is 12.9. The lowest BCUT2D eigenvalue weighted by Gasteiger charge is -2.13. The Kier molecular flexibility index (Phi) is 5.95. The molecule has 0 aliphatic heterocycles. The van der Waals surface area contributed by atoms with Gasteiger partial charge in [-0.3, -0.25) is 4.79 Å². The van der Waals surface area contributed by atoms with Crippen LogP contribution in [-0.4, -0.2) is 5.91 Å². The number of amides is 1. The second kappa shape index (κ2) is 7.95. The average Bonchev–Trinajstić information content (AvgIpc) is 2.53. The normalized spacial score (nSPS) is 11.3. The molecular formula is C18H17F4NO. The standard InChI is InChI=1S/C18H17F4NO/c19-14-11-9-13(10-12-14)5-1-4-8-17(24)23-16-7-3-2-6-15(16)18(20,21)22/h2-3,6-7,9-12H,1,4-5,8H2,(H,23,24). The molecule has 0 spiro atoms. The van der Waals surface area contributed by atoms with E-state index in [0.29, 0.717) is 19.3 Å².